The number of amides is 3. The molecule has 4 atom stereocenters. The minimum absolute atomic E-state index is 0.0375. The van der Waals surface area contributed by atoms with Crippen LogP contribution in [0.2, 0.25) is 0 Å². The van der Waals surface area contributed by atoms with Crippen LogP contribution in [0.4, 0.5) is 0 Å². The number of guanidine groups is 2. The topological polar surface area (TPSA) is 199 Å². The Morgan fingerprint density at radius 2 is 1.85 bits per heavy atom. The molecule has 0 aromatic heterocycles. The van der Waals surface area contributed by atoms with Crippen molar-refractivity contribution in [2.45, 2.75) is 79.9 Å². The van der Waals surface area contributed by atoms with Crippen LogP contribution in [-0.4, -0.2) is 92.3 Å². The zero-order chi connectivity index (χ0) is 27.3. The van der Waals surface area contributed by atoms with Gasteiger partial charge in [0.15, 0.2) is 17.6 Å². The van der Waals surface area contributed by atoms with E-state index in [2.05, 4.69) is 26.7 Å². The van der Waals surface area contributed by atoms with Crippen molar-refractivity contribution in [1.29, 1.82) is 0 Å². The van der Waals surface area contributed by atoms with Gasteiger partial charge < -0.3 is 37.2 Å². The fraction of sp³-hybridized carbons (Fsp3) is 0.577. The van der Waals surface area contributed by atoms with Crippen LogP contribution in [0.25, 0.3) is 0 Å². The van der Waals surface area contributed by atoms with Gasteiger partial charge in [-0.1, -0.05) is 18.6 Å². The number of imide groups is 1. The molecule has 2 saturated heterocycles. The van der Waals surface area contributed by atoms with Crippen molar-refractivity contribution < 1.29 is 24.6 Å². The third-order valence-corrected chi connectivity index (χ3v) is 9.79. The number of nitrogens with zero attached hydrogens (tertiary/aromatic N) is 4. The standard InChI is InChI=1S/C26H32N8O5/c27-22-31-20-16(11-33-18(35)5-6-19(33)36)29-23(28)34-12-17(26(38,39)25(20,34)32-22)30-21(37)14-3-1-4-15-13(14)7-10-24(15)8-2-9-24/h1,3-4,16-17,20,38-39H,2,5-12H2,(H2,28,29)(H,30,37)(H3,27,31,32)/t16-,17?,20-,25?/m0/s1. The second-order valence-electron chi connectivity index (χ2n) is 11.6. The number of hydrogen-bond acceptors (Lipinski definition) is 11. The van der Waals surface area contributed by atoms with Crippen molar-refractivity contribution in [2.75, 3.05) is 13.1 Å². The Balaban J connectivity index is 1.19. The van der Waals surface area contributed by atoms with E-state index >= 15 is 0 Å². The fourth-order valence-corrected chi connectivity index (χ4v) is 7.67. The van der Waals surface area contributed by atoms with E-state index in [9.17, 15) is 24.6 Å². The molecule has 0 radical (unpaired) electrons. The summed E-state index contributed by atoms with van der Waals surface area (Å²) in [5.74, 6) is -3.76. The van der Waals surface area contributed by atoms with Crippen molar-refractivity contribution in [3.63, 3.8) is 0 Å². The number of likely N-dealkylation sites (tertiary alicyclic amines) is 1. The van der Waals surface area contributed by atoms with Crippen LogP contribution in [0, 0.1) is 0 Å². The molecule has 1 aromatic carbocycles. The highest BCUT2D eigenvalue weighted by atomic mass is 16.5. The van der Waals surface area contributed by atoms with E-state index in [0.29, 0.717) is 5.56 Å². The van der Waals surface area contributed by atoms with Gasteiger partial charge in [0.05, 0.1) is 12.6 Å². The summed E-state index contributed by atoms with van der Waals surface area (Å²) >= 11 is 0. The molecule has 6 aliphatic rings. The number of carbonyl (C=O) groups excluding carboxylic acids is 3. The molecule has 0 bridgehead atoms. The predicted octanol–water partition coefficient (Wildman–Crippen LogP) is -2.02. The molecule has 1 saturated carbocycles. The van der Waals surface area contributed by atoms with Crippen molar-refractivity contribution >= 4 is 29.6 Å². The second kappa shape index (κ2) is 7.92. The Morgan fingerprint density at radius 1 is 1.10 bits per heavy atom. The third kappa shape index (κ3) is 3.11. The van der Waals surface area contributed by atoms with Gasteiger partial charge in [0.2, 0.25) is 17.6 Å². The summed E-state index contributed by atoms with van der Waals surface area (Å²) < 4.78 is 0. The van der Waals surface area contributed by atoms with Gasteiger partial charge in [-0.15, -0.1) is 0 Å². The van der Waals surface area contributed by atoms with Crippen molar-refractivity contribution in [3.8, 4) is 0 Å². The lowest BCUT2D eigenvalue weighted by atomic mass is 9.65. The molecule has 8 N–H and O–H groups in total. The monoisotopic (exact) mass is 536 g/mol. The van der Waals surface area contributed by atoms with Crippen LogP contribution in [-0.2, 0) is 21.4 Å². The number of carbonyl (C=O) groups is 3. The van der Waals surface area contributed by atoms with Crippen LogP contribution in [0.15, 0.2) is 28.2 Å². The molecule has 2 aliphatic carbocycles. The number of fused-ring (bicyclic) bond motifs is 2. The van der Waals surface area contributed by atoms with E-state index in [-0.39, 0.29) is 55.1 Å². The van der Waals surface area contributed by atoms with Crippen molar-refractivity contribution in [1.82, 2.24) is 20.4 Å². The van der Waals surface area contributed by atoms with Crippen molar-refractivity contribution in [2.24, 2.45) is 21.5 Å². The lowest BCUT2D eigenvalue weighted by Crippen LogP contribution is -2.78. The third-order valence-electron chi connectivity index (χ3n) is 9.79. The van der Waals surface area contributed by atoms with E-state index < -0.39 is 35.5 Å². The molecule has 7 rings (SSSR count). The van der Waals surface area contributed by atoms with E-state index in [4.69, 9.17) is 11.5 Å². The van der Waals surface area contributed by atoms with Crippen LogP contribution in [0.5, 0.6) is 0 Å². The summed E-state index contributed by atoms with van der Waals surface area (Å²) in [4.78, 5) is 49.6. The number of aliphatic hydroxyl groups is 2. The van der Waals surface area contributed by atoms with Gasteiger partial charge in [-0.3, -0.25) is 19.3 Å². The minimum Gasteiger partial charge on any atom is -0.370 e. The van der Waals surface area contributed by atoms with E-state index in [0.717, 1.165) is 36.1 Å². The first-order chi connectivity index (χ1) is 18.6. The molecule has 3 amide bonds. The van der Waals surface area contributed by atoms with Crippen LogP contribution < -0.4 is 22.1 Å². The summed E-state index contributed by atoms with van der Waals surface area (Å²) in [7, 11) is 0. The Morgan fingerprint density at radius 3 is 2.54 bits per heavy atom. The van der Waals surface area contributed by atoms with Gasteiger partial charge in [0, 0.05) is 24.9 Å². The molecule has 206 valence electrons. The largest absolute Gasteiger partial charge is 0.370 e. The van der Waals surface area contributed by atoms with Gasteiger partial charge in [0.25, 0.3) is 5.91 Å². The maximum Gasteiger partial charge on any atom is 0.252 e. The quantitative estimate of drug-likeness (QED) is 0.186. The number of hydrogen-bond donors (Lipinski definition) is 6. The zero-order valence-electron chi connectivity index (χ0n) is 21.4. The lowest BCUT2D eigenvalue weighted by molar-refractivity contribution is -0.230. The molecule has 4 heterocycles. The molecule has 2 unspecified atom stereocenters. The van der Waals surface area contributed by atoms with Gasteiger partial charge in [-0.05, 0) is 48.3 Å². The number of nitrogens with two attached hydrogens (primary N) is 2. The van der Waals surface area contributed by atoms with E-state index in [1.807, 2.05) is 6.07 Å². The summed E-state index contributed by atoms with van der Waals surface area (Å²) in [6.07, 6.45) is 5.50. The number of nitrogens with one attached hydrogen (secondary N) is 2. The fourth-order valence-electron chi connectivity index (χ4n) is 7.67. The number of aliphatic imine (C=N–C) groups is 2. The number of rotatable bonds is 4. The van der Waals surface area contributed by atoms with Crippen LogP contribution >= 0.6 is 0 Å². The molecule has 13 heteroatoms. The van der Waals surface area contributed by atoms with Gasteiger partial charge in [0.1, 0.15) is 12.1 Å². The first-order valence-corrected chi connectivity index (χ1v) is 13.5. The second-order valence-corrected chi connectivity index (χ2v) is 11.6. The molecule has 13 nitrogen and oxygen atoms in total. The predicted molar refractivity (Wildman–Crippen MR) is 138 cm³/mol. The average molecular weight is 537 g/mol. The highest BCUT2D eigenvalue weighted by Gasteiger charge is 2.73. The first-order valence-electron chi connectivity index (χ1n) is 13.5. The summed E-state index contributed by atoms with van der Waals surface area (Å²) in [6, 6.07) is 2.72. The van der Waals surface area contributed by atoms with Crippen LogP contribution in [0.1, 0.15) is 60.0 Å². The lowest BCUT2D eigenvalue weighted by Gasteiger charge is -2.49. The molecular formula is C26H32N8O5. The van der Waals surface area contributed by atoms with E-state index in [1.54, 1.807) is 6.07 Å². The molecule has 3 fully saturated rings. The summed E-state index contributed by atoms with van der Waals surface area (Å²) in [5.41, 5.74) is 13.6. The van der Waals surface area contributed by atoms with E-state index in [1.165, 1.54) is 16.9 Å². The average Bonchev–Trinajstić information content (AvgIpc) is 3.58. The maximum absolute atomic E-state index is 13.6. The van der Waals surface area contributed by atoms with Gasteiger partial charge >= 0.3 is 0 Å². The molecule has 4 aliphatic heterocycles. The van der Waals surface area contributed by atoms with Gasteiger partial charge in [-0.2, -0.15) is 0 Å². The summed E-state index contributed by atoms with van der Waals surface area (Å²) in [6.45, 7) is -0.199. The molecular weight excluding hydrogens is 504 g/mol. The Labute approximate surface area is 224 Å². The minimum atomic E-state index is -2.59. The highest BCUT2D eigenvalue weighted by molar-refractivity contribution is 6.02. The smallest absolute Gasteiger partial charge is 0.252 e. The maximum atomic E-state index is 13.6. The first kappa shape index (κ1) is 24.3. The number of benzene rings is 1. The van der Waals surface area contributed by atoms with Gasteiger partial charge in [-0.25, -0.2) is 9.98 Å². The van der Waals surface area contributed by atoms with Crippen molar-refractivity contribution in [3.05, 3.63) is 34.9 Å². The molecule has 39 heavy (non-hydrogen) atoms. The molecule has 1 aromatic rings. The SMILES string of the molecule is NC1=N[C@H]2[C@H](CN3C(=O)CCC3=O)N=C(N)N3CC(NC(=O)c4cccc5c4CCC54CCC4)C(O)(O)C23N1. The van der Waals surface area contributed by atoms with Crippen LogP contribution in [0.3, 0.4) is 0 Å². The molecule has 2 spiro atoms. The zero-order valence-corrected chi connectivity index (χ0v) is 21.4. The Kier molecular flexibility index (Phi) is 4.94. The summed E-state index contributed by atoms with van der Waals surface area (Å²) in [5, 5.41) is 29.1. The Bertz CT molecular complexity index is 1350. The normalized spacial score (nSPS) is 33.2. The Hall–Kier alpha value is -3.71. The highest BCUT2D eigenvalue weighted by Crippen LogP contribution is 2.53.